The van der Waals surface area contributed by atoms with Gasteiger partial charge in [-0.1, -0.05) is 43.7 Å². The SMILES string of the molecule is Cc1cccc(C(C)(O)CNCC(C)C)c1. The van der Waals surface area contributed by atoms with Crippen molar-refractivity contribution >= 4 is 0 Å². The summed E-state index contributed by atoms with van der Waals surface area (Å²) in [4.78, 5) is 0. The minimum absolute atomic E-state index is 0.592. The van der Waals surface area contributed by atoms with Crippen LogP contribution in [-0.4, -0.2) is 18.2 Å². The topological polar surface area (TPSA) is 32.3 Å². The third-order valence-electron chi connectivity index (χ3n) is 2.66. The molecule has 90 valence electrons. The second kappa shape index (κ2) is 5.46. The number of benzene rings is 1. The Morgan fingerprint density at radius 3 is 2.62 bits per heavy atom. The summed E-state index contributed by atoms with van der Waals surface area (Å²) in [6, 6.07) is 8.05. The van der Waals surface area contributed by atoms with E-state index in [1.165, 1.54) is 5.56 Å². The van der Waals surface area contributed by atoms with E-state index in [2.05, 4.69) is 19.2 Å². The van der Waals surface area contributed by atoms with Crippen molar-refractivity contribution in [2.75, 3.05) is 13.1 Å². The van der Waals surface area contributed by atoms with E-state index >= 15 is 0 Å². The van der Waals surface area contributed by atoms with E-state index in [-0.39, 0.29) is 0 Å². The Bertz CT molecular complexity index is 331. The normalized spacial score (nSPS) is 15.1. The van der Waals surface area contributed by atoms with Crippen LogP contribution in [0.3, 0.4) is 0 Å². The summed E-state index contributed by atoms with van der Waals surface area (Å²) in [5.41, 5.74) is 1.37. The molecule has 1 unspecified atom stereocenters. The minimum Gasteiger partial charge on any atom is -0.384 e. The molecule has 0 aliphatic rings. The zero-order valence-corrected chi connectivity index (χ0v) is 10.7. The molecule has 0 aliphatic heterocycles. The summed E-state index contributed by atoms with van der Waals surface area (Å²) in [6.45, 7) is 9.75. The van der Waals surface area contributed by atoms with Crippen LogP contribution in [-0.2, 0) is 5.60 Å². The first-order chi connectivity index (χ1) is 7.42. The van der Waals surface area contributed by atoms with Crippen LogP contribution in [0, 0.1) is 12.8 Å². The Hall–Kier alpha value is -0.860. The lowest BCUT2D eigenvalue weighted by Gasteiger charge is -2.25. The predicted molar refractivity (Wildman–Crippen MR) is 68.5 cm³/mol. The molecular weight excluding hydrogens is 198 g/mol. The summed E-state index contributed by atoms with van der Waals surface area (Å²) in [6.07, 6.45) is 0. The van der Waals surface area contributed by atoms with Crippen molar-refractivity contribution in [2.24, 2.45) is 5.92 Å². The van der Waals surface area contributed by atoms with Gasteiger partial charge in [-0.15, -0.1) is 0 Å². The van der Waals surface area contributed by atoms with E-state index < -0.39 is 5.60 Å². The molecule has 0 fully saturated rings. The third kappa shape index (κ3) is 3.95. The average Bonchev–Trinajstić information content (AvgIpc) is 2.16. The summed E-state index contributed by atoms with van der Waals surface area (Å²) in [5.74, 6) is 0.605. The van der Waals surface area contributed by atoms with Gasteiger partial charge in [-0.25, -0.2) is 0 Å². The lowest BCUT2D eigenvalue weighted by Crippen LogP contribution is -2.37. The minimum atomic E-state index is -0.791. The van der Waals surface area contributed by atoms with E-state index in [1.54, 1.807) is 0 Å². The summed E-state index contributed by atoms with van der Waals surface area (Å²) < 4.78 is 0. The highest BCUT2D eigenvalue weighted by Gasteiger charge is 2.22. The molecule has 0 bridgehead atoms. The van der Waals surface area contributed by atoms with Crippen molar-refractivity contribution in [3.05, 3.63) is 35.4 Å². The van der Waals surface area contributed by atoms with Gasteiger partial charge < -0.3 is 10.4 Å². The van der Waals surface area contributed by atoms with Crippen molar-refractivity contribution in [2.45, 2.75) is 33.3 Å². The number of nitrogens with one attached hydrogen (secondary N) is 1. The average molecular weight is 221 g/mol. The smallest absolute Gasteiger partial charge is 0.0992 e. The first kappa shape index (κ1) is 13.2. The highest BCUT2D eigenvalue weighted by atomic mass is 16.3. The van der Waals surface area contributed by atoms with Crippen LogP contribution in [0.2, 0.25) is 0 Å². The number of rotatable bonds is 5. The Morgan fingerprint density at radius 2 is 2.06 bits per heavy atom. The second-order valence-electron chi connectivity index (χ2n) is 5.17. The fraction of sp³-hybridized carbons (Fsp3) is 0.571. The van der Waals surface area contributed by atoms with Crippen LogP contribution in [0.4, 0.5) is 0 Å². The van der Waals surface area contributed by atoms with Crippen molar-refractivity contribution in [1.29, 1.82) is 0 Å². The van der Waals surface area contributed by atoms with Gasteiger partial charge in [0.2, 0.25) is 0 Å². The van der Waals surface area contributed by atoms with Gasteiger partial charge in [0, 0.05) is 6.54 Å². The molecule has 1 atom stereocenters. The lowest BCUT2D eigenvalue weighted by atomic mass is 9.94. The molecule has 0 heterocycles. The van der Waals surface area contributed by atoms with Crippen LogP contribution >= 0.6 is 0 Å². The molecule has 2 heteroatoms. The fourth-order valence-corrected chi connectivity index (χ4v) is 1.69. The van der Waals surface area contributed by atoms with Crippen LogP contribution in [0.5, 0.6) is 0 Å². The Kier molecular flexibility index (Phi) is 4.51. The maximum Gasteiger partial charge on any atom is 0.0992 e. The quantitative estimate of drug-likeness (QED) is 0.800. The molecule has 2 N–H and O–H groups in total. The maximum atomic E-state index is 10.4. The van der Waals surface area contributed by atoms with E-state index in [9.17, 15) is 5.11 Å². The molecule has 0 saturated heterocycles. The highest BCUT2D eigenvalue weighted by Crippen LogP contribution is 2.20. The monoisotopic (exact) mass is 221 g/mol. The van der Waals surface area contributed by atoms with E-state index in [4.69, 9.17) is 0 Å². The van der Waals surface area contributed by atoms with Gasteiger partial charge in [-0.3, -0.25) is 0 Å². The summed E-state index contributed by atoms with van der Waals surface area (Å²) in [7, 11) is 0. The van der Waals surface area contributed by atoms with E-state index in [1.807, 2.05) is 38.1 Å². The molecule has 1 aromatic carbocycles. The first-order valence-electron chi connectivity index (χ1n) is 5.92. The maximum absolute atomic E-state index is 10.4. The Morgan fingerprint density at radius 1 is 1.38 bits per heavy atom. The molecule has 0 spiro atoms. The molecule has 2 nitrogen and oxygen atoms in total. The largest absolute Gasteiger partial charge is 0.384 e. The van der Waals surface area contributed by atoms with Gasteiger partial charge in [0.25, 0.3) is 0 Å². The van der Waals surface area contributed by atoms with Gasteiger partial charge in [0.1, 0.15) is 0 Å². The molecule has 1 rings (SSSR count). The fourth-order valence-electron chi connectivity index (χ4n) is 1.69. The highest BCUT2D eigenvalue weighted by molar-refractivity contribution is 5.27. The number of aliphatic hydroxyl groups is 1. The molecular formula is C14H23NO. The van der Waals surface area contributed by atoms with E-state index in [0.29, 0.717) is 12.5 Å². The van der Waals surface area contributed by atoms with Crippen LogP contribution in [0.1, 0.15) is 31.9 Å². The van der Waals surface area contributed by atoms with Gasteiger partial charge in [-0.2, -0.15) is 0 Å². The van der Waals surface area contributed by atoms with Crippen LogP contribution in [0.25, 0.3) is 0 Å². The summed E-state index contributed by atoms with van der Waals surface area (Å²) in [5, 5.41) is 13.7. The zero-order valence-electron chi connectivity index (χ0n) is 10.7. The molecule has 1 aromatic rings. The van der Waals surface area contributed by atoms with Crippen molar-refractivity contribution < 1.29 is 5.11 Å². The summed E-state index contributed by atoms with van der Waals surface area (Å²) >= 11 is 0. The van der Waals surface area contributed by atoms with E-state index in [0.717, 1.165) is 12.1 Å². The number of hydrogen-bond acceptors (Lipinski definition) is 2. The van der Waals surface area contributed by atoms with Crippen molar-refractivity contribution in [3.8, 4) is 0 Å². The first-order valence-corrected chi connectivity index (χ1v) is 5.92. The van der Waals surface area contributed by atoms with Crippen molar-refractivity contribution in [1.82, 2.24) is 5.32 Å². The molecule has 0 aliphatic carbocycles. The van der Waals surface area contributed by atoms with Crippen LogP contribution < -0.4 is 5.32 Å². The second-order valence-corrected chi connectivity index (χ2v) is 5.17. The zero-order chi connectivity index (χ0) is 12.2. The molecule has 0 saturated carbocycles. The van der Waals surface area contributed by atoms with Crippen molar-refractivity contribution in [3.63, 3.8) is 0 Å². The Balaban J connectivity index is 2.62. The molecule has 16 heavy (non-hydrogen) atoms. The van der Waals surface area contributed by atoms with Gasteiger partial charge in [0.15, 0.2) is 0 Å². The standard InChI is InChI=1S/C14H23NO/c1-11(2)9-15-10-14(4,16)13-7-5-6-12(3)8-13/h5-8,11,15-16H,9-10H2,1-4H3. The van der Waals surface area contributed by atoms with Gasteiger partial charge in [-0.05, 0) is 31.9 Å². The molecule has 0 radical (unpaired) electrons. The number of aryl methyl sites for hydroxylation is 1. The molecule has 0 aromatic heterocycles. The lowest BCUT2D eigenvalue weighted by molar-refractivity contribution is 0.0563. The molecule has 0 amide bonds. The third-order valence-corrected chi connectivity index (χ3v) is 2.66. The predicted octanol–water partition coefficient (Wildman–Crippen LogP) is 2.45. The van der Waals surface area contributed by atoms with Gasteiger partial charge in [0.05, 0.1) is 5.60 Å². The van der Waals surface area contributed by atoms with Gasteiger partial charge >= 0.3 is 0 Å². The Labute approximate surface area is 98.7 Å². The number of hydrogen-bond donors (Lipinski definition) is 2. The van der Waals surface area contributed by atoms with Crippen LogP contribution in [0.15, 0.2) is 24.3 Å².